The highest BCUT2D eigenvalue weighted by Gasteiger charge is 2.13. The first kappa shape index (κ1) is 15.6. The minimum absolute atomic E-state index is 0.140. The Morgan fingerprint density at radius 2 is 2.17 bits per heavy atom. The number of rotatable bonds is 4. The van der Waals surface area contributed by atoms with Crippen LogP contribution in [0.15, 0.2) is 41.3 Å². The lowest BCUT2D eigenvalue weighted by Gasteiger charge is -2.21. The van der Waals surface area contributed by atoms with Crippen LogP contribution >= 0.6 is 0 Å². The van der Waals surface area contributed by atoms with Crippen LogP contribution in [0, 0.1) is 0 Å². The number of nitrogens with one attached hydrogen (secondary N) is 1. The van der Waals surface area contributed by atoms with Crippen LogP contribution in [0.1, 0.15) is 22.3 Å². The normalized spacial score (nSPS) is 16.1. The van der Waals surface area contributed by atoms with Crippen molar-refractivity contribution in [2.24, 2.45) is 0 Å². The number of amides is 1. The fourth-order valence-corrected chi connectivity index (χ4v) is 2.66. The molecule has 0 saturated carbocycles. The number of hydrogen-bond donors (Lipinski definition) is 1. The van der Waals surface area contributed by atoms with Crippen molar-refractivity contribution in [2.75, 3.05) is 38.1 Å². The van der Waals surface area contributed by atoms with E-state index in [1.807, 2.05) is 18.3 Å². The summed E-state index contributed by atoms with van der Waals surface area (Å²) in [5, 5.41) is 2.86. The highest BCUT2D eigenvalue weighted by molar-refractivity contribution is 5.93. The third kappa shape index (κ3) is 4.10. The van der Waals surface area contributed by atoms with Gasteiger partial charge >= 0.3 is 0 Å². The SMILES string of the molecule is CN1CCCN(c2ccc(CNC(=O)c3ccoc3)cn2)CC1. The van der Waals surface area contributed by atoms with Gasteiger partial charge in [-0.15, -0.1) is 0 Å². The Bertz CT molecular complexity index is 625. The number of furan rings is 1. The lowest BCUT2D eigenvalue weighted by atomic mass is 10.2. The zero-order chi connectivity index (χ0) is 16.1. The van der Waals surface area contributed by atoms with Gasteiger partial charge in [-0.05, 0) is 37.7 Å². The van der Waals surface area contributed by atoms with Crippen LogP contribution in [0.2, 0.25) is 0 Å². The summed E-state index contributed by atoms with van der Waals surface area (Å²) in [5.41, 5.74) is 1.51. The molecule has 0 unspecified atom stereocenters. The molecule has 1 saturated heterocycles. The van der Waals surface area contributed by atoms with Gasteiger partial charge in [0, 0.05) is 32.4 Å². The Hall–Kier alpha value is -2.34. The summed E-state index contributed by atoms with van der Waals surface area (Å²) in [4.78, 5) is 21.1. The Balaban J connectivity index is 1.55. The van der Waals surface area contributed by atoms with Crippen LogP contribution in [0.4, 0.5) is 5.82 Å². The van der Waals surface area contributed by atoms with Crippen molar-refractivity contribution in [3.63, 3.8) is 0 Å². The maximum atomic E-state index is 11.9. The number of nitrogens with zero attached hydrogens (tertiary/aromatic N) is 3. The Morgan fingerprint density at radius 1 is 1.26 bits per heavy atom. The van der Waals surface area contributed by atoms with Crippen molar-refractivity contribution >= 4 is 11.7 Å². The molecule has 6 heteroatoms. The number of hydrogen-bond acceptors (Lipinski definition) is 5. The van der Waals surface area contributed by atoms with E-state index in [-0.39, 0.29) is 5.91 Å². The second kappa shape index (κ2) is 7.28. The molecule has 2 aromatic rings. The first-order valence-electron chi connectivity index (χ1n) is 7.91. The van der Waals surface area contributed by atoms with Gasteiger partial charge in [-0.3, -0.25) is 4.79 Å². The summed E-state index contributed by atoms with van der Waals surface area (Å²) in [7, 11) is 2.16. The van der Waals surface area contributed by atoms with Gasteiger partial charge in [0.1, 0.15) is 12.1 Å². The molecule has 0 bridgehead atoms. The third-order valence-corrected chi connectivity index (χ3v) is 4.09. The van der Waals surface area contributed by atoms with Crippen molar-refractivity contribution in [1.82, 2.24) is 15.2 Å². The van der Waals surface area contributed by atoms with E-state index in [1.165, 1.54) is 12.5 Å². The molecular weight excluding hydrogens is 292 g/mol. The van der Waals surface area contributed by atoms with Gasteiger partial charge in [-0.2, -0.15) is 0 Å². The monoisotopic (exact) mass is 314 g/mol. The van der Waals surface area contributed by atoms with E-state index in [9.17, 15) is 4.79 Å². The van der Waals surface area contributed by atoms with E-state index in [0.717, 1.165) is 44.0 Å². The lowest BCUT2D eigenvalue weighted by molar-refractivity contribution is 0.0950. The van der Waals surface area contributed by atoms with Crippen molar-refractivity contribution in [3.8, 4) is 0 Å². The molecule has 0 aliphatic carbocycles. The lowest BCUT2D eigenvalue weighted by Crippen LogP contribution is -2.29. The molecule has 3 rings (SSSR count). The number of anilines is 1. The number of carbonyl (C=O) groups excluding carboxylic acids is 1. The van der Waals surface area contributed by atoms with Crippen molar-refractivity contribution < 1.29 is 9.21 Å². The average molecular weight is 314 g/mol. The molecule has 1 aliphatic rings. The minimum Gasteiger partial charge on any atom is -0.472 e. The largest absolute Gasteiger partial charge is 0.472 e. The molecule has 0 aromatic carbocycles. The van der Waals surface area contributed by atoms with E-state index in [0.29, 0.717) is 12.1 Å². The van der Waals surface area contributed by atoms with Gasteiger partial charge in [0.2, 0.25) is 0 Å². The average Bonchev–Trinajstić information content (AvgIpc) is 3.03. The minimum atomic E-state index is -0.140. The summed E-state index contributed by atoms with van der Waals surface area (Å²) < 4.78 is 4.91. The molecule has 2 aromatic heterocycles. The molecule has 0 atom stereocenters. The number of pyridine rings is 1. The van der Waals surface area contributed by atoms with E-state index in [2.05, 4.69) is 27.1 Å². The number of likely N-dealkylation sites (N-methyl/N-ethyl adjacent to an activating group) is 1. The second-order valence-electron chi connectivity index (χ2n) is 5.86. The van der Waals surface area contributed by atoms with E-state index in [4.69, 9.17) is 4.42 Å². The van der Waals surface area contributed by atoms with Crippen LogP contribution in [-0.2, 0) is 6.54 Å². The molecule has 1 fully saturated rings. The van der Waals surface area contributed by atoms with Crippen LogP contribution in [0.5, 0.6) is 0 Å². The Kier molecular flexibility index (Phi) is 4.92. The van der Waals surface area contributed by atoms with Gasteiger partial charge in [0.05, 0.1) is 11.8 Å². The topological polar surface area (TPSA) is 61.6 Å². The molecule has 0 radical (unpaired) electrons. The van der Waals surface area contributed by atoms with Gasteiger partial charge in [-0.25, -0.2) is 4.98 Å². The summed E-state index contributed by atoms with van der Waals surface area (Å²) in [5.74, 6) is 0.864. The van der Waals surface area contributed by atoms with Crippen molar-refractivity contribution in [2.45, 2.75) is 13.0 Å². The third-order valence-electron chi connectivity index (χ3n) is 4.09. The van der Waals surface area contributed by atoms with Gasteiger partial charge < -0.3 is 19.5 Å². The second-order valence-corrected chi connectivity index (χ2v) is 5.86. The molecule has 0 spiro atoms. The number of carbonyl (C=O) groups is 1. The smallest absolute Gasteiger partial charge is 0.254 e. The highest BCUT2D eigenvalue weighted by atomic mass is 16.3. The van der Waals surface area contributed by atoms with Crippen molar-refractivity contribution in [3.05, 3.63) is 48.0 Å². The molecule has 1 N–H and O–H groups in total. The standard InChI is InChI=1S/C17H22N4O2/c1-20-6-2-7-21(9-8-20)16-4-3-14(11-18-16)12-19-17(22)15-5-10-23-13-15/h3-5,10-11,13H,2,6-9,12H2,1H3,(H,19,22). The van der Waals surface area contributed by atoms with Crippen LogP contribution in [-0.4, -0.2) is 49.0 Å². The molecule has 1 amide bonds. The van der Waals surface area contributed by atoms with Gasteiger partial charge in [0.25, 0.3) is 5.91 Å². The summed E-state index contributed by atoms with van der Waals surface area (Å²) in [6.45, 7) is 4.69. The van der Waals surface area contributed by atoms with E-state index >= 15 is 0 Å². The van der Waals surface area contributed by atoms with Crippen LogP contribution < -0.4 is 10.2 Å². The zero-order valence-corrected chi connectivity index (χ0v) is 13.4. The first-order chi connectivity index (χ1) is 11.2. The maximum Gasteiger partial charge on any atom is 0.254 e. The quantitative estimate of drug-likeness (QED) is 0.931. The number of aromatic nitrogens is 1. The molecule has 23 heavy (non-hydrogen) atoms. The van der Waals surface area contributed by atoms with Crippen molar-refractivity contribution in [1.29, 1.82) is 0 Å². The van der Waals surface area contributed by atoms with Crippen LogP contribution in [0.3, 0.4) is 0 Å². The fourth-order valence-electron chi connectivity index (χ4n) is 2.66. The molecule has 1 aliphatic heterocycles. The van der Waals surface area contributed by atoms with Gasteiger partial charge in [0.15, 0.2) is 0 Å². The molecule has 3 heterocycles. The first-order valence-corrected chi connectivity index (χ1v) is 7.91. The van der Waals surface area contributed by atoms with Crippen LogP contribution in [0.25, 0.3) is 0 Å². The van der Waals surface area contributed by atoms with E-state index < -0.39 is 0 Å². The maximum absolute atomic E-state index is 11.9. The molecular formula is C17H22N4O2. The predicted octanol–water partition coefficient (Wildman–Crippen LogP) is 1.75. The molecule has 6 nitrogen and oxygen atoms in total. The summed E-state index contributed by atoms with van der Waals surface area (Å²) in [6, 6.07) is 5.70. The van der Waals surface area contributed by atoms with Gasteiger partial charge in [-0.1, -0.05) is 6.07 Å². The fraction of sp³-hybridized carbons (Fsp3) is 0.412. The van der Waals surface area contributed by atoms with E-state index in [1.54, 1.807) is 6.07 Å². The predicted molar refractivity (Wildman–Crippen MR) is 88.4 cm³/mol. The summed E-state index contributed by atoms with van der Waals surface area (Å²) >= 11 is 0. The summed E-state index contributed by atoms with van der Waals surface area (Å²) in [6.07, 6.45) is 5.91. The molecule has 122 valence electrons. The zero-order valence-electron chi connectivity index (χ0n) is 13.4. The Labute approximate surface area is 136 Å². The highest BCUT2D eigenvalue weighted by Crippen LogP contribution is 2.14. The Morgan fingerprint density at radius 3 is 2.91 bits per heavy atom.